The van der Waals surface area contributed by atoms with Crippen LogP contribution in [0.25, 0.3) is 6.08 Å². The predicted octanol–water partition coefficient (Wildman–Crippen LogP) is 2.62. The normalized spacial score (nSPS) is 15.7. The molecule has 2 aliphatic heterocycles. The lowest BCUT2D eigenvalue weighted by Crippen LogP contribution is -2.41. The summed E-state index contributed by atoms with van der Waals surface area (Å²) in [6.07, 6.45) is 4.17. The Morgan fingerprint density at radius 2 is 2.08 bits per heavy atom. The van der Waals surface area contributed by atoms with Crippen LogP contribution in [0.2, 0.25) is 0 Å². The number of para-hydroxylation sites is 2. The number of amides is 2. The van der Waals surface area contributed by atoms with Gasteiger partial charge in [-0.2, -0.15) is 0 Å². The summed E-state index contributed by atoms with van der Waals surface area (Å²) in [5.74, 6) is 0.513. The highest BCUT2D eigenvalue weighted by Crippen LogP contribution is 2.29. The molecule has 5 heteroatoms. The zero-order valence-corrected chi connectivity index (χ0v) is 13.0. The molecular weight excluding hydrogens is 304 g/mol. The van der Waals surface area contributed by atoms with Crippen molar-refractivity contribution in [2.75, 3.05) is 23.4 Å². The van der Waals surface area contributed by atoms with Gasteiger partial charge in [0.05, 0.1) is 18.0 Å². The van der Waals surface area contributed by atoms with Crippen molar-refractivity contribution in [2.24, 2.45) is 0 Å². The molecular formula is C19H16N2O3. The minimum atomic E-state index is -0.214. The number of carbonyl (C=O) groups is 2. The molecule has 0 unspecified atom stereocenters. The molecule has 0 aromatic heterocycles. The molecule has 4 rings (SSSR count). The molecule has 2 aliphatic rings. The van der Waals surface area contributed by atoms with Crippen LogP contribution in [0.3, 0.4) is 0 Å². The van der Waals surface area contributed by atoms with Gasteiger partial charge < -0.3 is 10.1 Å². The van der Waals surface area contributed by atoms with Crippen molar-refractivity contribution >= 4 is 29.3 Å². The van der Waals surface area contributed by atoms with Gasteiger partial charge in [0.1, 0.15) is 12.3 Å². The maximum atomic E-state index is 12.5. The summed E-state index contributed by atoms with van der Waals surface area (Å²) in [5.41, 5.74) is 3.48. The van der Waals surface area contributed by atoms with Crippen molar-refractivity contribution in [1.82, 2.24) is 0 Å². The van der Waals surface area contributed by atoms with Crippen LogP contribution in [0.5, 0.6) is 5.75 Å². The monoisotopic (exact) mass is 320 g/mol. The van der Waals surface area contributed by atoms with Crippen LogP contribution in [0.1, 0.15) is 11.1 Å². The first-order valence-electron chi connectivity index (χ1n) is 7.85. The van der Waals surface area contributed by atoms with Crippen molar-refractivity contribution in [2.45, 2.75) is 6.42 Å². The summed E-state index contributed by atoms with van der Waals surface area (Å²) >= 11 is 0. The van der Waals surface area contributed by atoms with E-state index in [0.29, 0.717) is 18.0 Å². The number of rotatable bonds is 2. The Balaban J connectivity index is 1.57. The van der Waals surface area contributed by atoms with Crippen molar-refractivity contribution < 1.29 is 14.3 Å². The Morgan fingerprint density at radius 3 is 3.00 bits per heavy atom. The first-order valence-corrected chi connectivity index (χ1v) is 7.85. The molecule has 0 radical (unpaired) electrons. The van der Waals surface area contributed by atoms with E-state index in [9.17, 15) is 9.59 Å². The molecule has 0 aliphatic carbocycles. The van der Waals surface area contributed by atoms with Gasteiger partial charge >= 0.3 is 0 Å². The lowest BCUT2D eigenvalue weighted by atomic mass is 10.1. The minimum absolute atomic E-state index is 0.0260. The number of nitrogens with zero attached hydrogens (tertiary/aromatic N) is 1. The van der Waals surface area contributed by atoms with Crippen LogP contribution in [0, 0.1) is 0 Å². The summed E-state index contributed by atoms with van der Waals surface area (Å²) in [4.78, 5) is 25.8. The fourth-order valence-corrected chi connectivity index (χ4v) is 3.00. The molecule has 0 saturated carbocycles. The molecule has 24 heavy (non-hydrogen) atoms. The van der Waals surface area contributed by atoms with Crippen LogP contribution in [-0.2, 0) is 16.0 Å². The smallest absolute Gasteiger partial charge is 0.251 e. The Labute approximate surface area is 139 Å². The number of benzene rings is 2. The topological polar surface area (TPSA) is 58.6 Å². The van der Waals surface area contributed by atoms with Crippen molar-refractivity contribution in [3.63, 3.8) is 0 Å². The second-order valence-corrected chi connectivity index (χ2v) is 5.79. The second kappa shape index (κ2) is 5.85. The highest BCUT2D eigenvalue weighted by atomic mass is 16.5. The van der Waals surface area contributed by atoms with Crippen molar-refractivity contribution in [3.05, 3.63) is 59.7 Å². The highest BCUT2D eigenvalue weighted by molar-refractivity contribution is 6.13. The third-order valence-corrected chi connectivity index (χ3v) is 4.17. The Kier molecular flexibility index (Phi) is 3.54. The van der Waals surface area contributed by atoms with Crippen LogP contribution < -0.4 is 15.0 Å². The number of hydrogen-bond acceptors (Lipinski definition) is 3. The van der Waals surface area contributed by atoms with E-state index in [-0.39, 0.29) is 18.4 Å². The Morgan fingerprint density at radius 1 is 1.21 bits per heavy atom. The summed E-state index contributed by atoms with van der Waals surface area (Å²) in [7, 11) is 0. The summed E-state index contributed by atoms with van der Waals surface area (Å²) < 4.78 is 5.48. The van der Waals surface area contributed by atoms with E-state index in [1.54, 1.807) is 12.1 Å². The summed E-state index contributed by atoms with van der Waals surface area (Å²) in [5, 5.41) is 2.78. The molecule has 5 nitrogen and oxygen atoms in total. The average molecular weight is 320 g/mol. The first-order chi connectivity index (χ1) is 11.7. The Hall–Kier alpha value is -3.08. The maximum absolute atomic E-state index is 12.5. The second-order valence-electron chi connectivity index (χ2n) is 5.79. The van der Waals surface area contributed by atoms with Crippen LogP contribution in [0.4, 0.5) is 11.4 Å². The number of nitrogens with one attached hydrogen (secondary N) is 1. The summed E-state index contributed by atoms with van der Waals surface area (Å²) in [6, 6.07) is 13.2. The van der Waals surface area contributed by atoms with Crippen LogP contribution in [0.15, 0.2) is 48.5 Å². The number of hydrogen-bond donors (Lipinski definition) is 1. The van der Waals surface area contributed by atoms with Gasteiger partial charge in [-0.1, -0.05) is 18.2 Å². The average Bonchev–Trinajstić information content (AvgIpc) is 3.06. The molecule has 2 aromatic carbocycles. The van der Waals surface area contributed by atoms with Crippen molar-refractivity contribution in [1.29, 1.82) is 0 Å². The third kappa shape index (κ3) is 2.65. The number of anilines is 2. The standard InChI is InChI=1S/C19H16N2O3/c22-18-12-21(16-4-2-1-3-15(16)20-18)19(23)8-6-13-5-7-17-14(11-13)9-10-24-17/h1-8,11H,9-10,12H2,(H,20,22)/b8-6+. The molecule has 0 bridgehead atoms. The van der Waals surface area contributed by atoms with Gasteiger partial charge in [-0.25, -0.2) is 0 Å². The van der Waals surface area contributed by atoms with E-state index < -0.39 is 0 Å². The molecule has 0 atom stereocenters. The third-order valence-electron chi connectivity index (χ3n) is 4.17. The van der Waals surface area contributed by atoms with Gasteiger partial charge in [-0.05, 0) is 41.5 Å². The molecule has 1 N–H and O–H groups in total. The van der Waals surface area contributed by atoms with Crippen molar-refractivity contribution in [3.8, 4) is 5.75 Å². The molecule has 0 fully saturated rings. The maximum Gasteiger partial charge on any atom is 0.251 e. The lowest BCUT2D eigenvalue weighted by molar-refractivity contribution is -0.119. The van der Waals surface area contributed by atoms with E-state index in [1.807, 2.05) is 36.4 Å². The lowest BCUT2D eigenvalue weighted by Gasteiger charge is -2.28. The van der Waals surface area contributed by atoms with Gasteiger partial charge in [0, 0.05) is 12.5 Å². The SMILES string of the molecule is O=C1CN(C(=O)/C=C/c2ccc3c(c2)CCO3)c2ccccc2N1. The zero-order valence-electron chi connectivity index (χ0n) is 13.0. The molecule has 120 valence electrons. The Bertz CT molecular complexity index is 857. The number of ether oxygens (including phenoxy) is 1. The van der Waals surface area contributed by atoms with Gasteiger partial charge in [0.25, 0.3) is 5.91 Å². The fraction of sp³-hybridized carbons (Fsp3) is 0.158. The number of carbonyl (C=O) groups excluding carboxylic acids is 2. The number of fused-ring (bicyclic) bond motifs is 2. The molecule has 2 amide bonds. The van der Waals surface area contributed by atoms with E-state index >= 15 is 0 Å². The van der Waals surface area contributed by atoms with E-state index in [4.69, 9.17) is 4.74 Å². The first kappa shape index (κ1) is 14.5. The predicted molar refractivity (Wildman–Crippen MR) is 92.1 cm³/mol. The van der Waals surface area contributed by atoms with Crippen LogP contribution in [-0.4, -0.2) is 25.0 Å². The summed E-state index contributed by atoms with van der Waals surface area (Å²) in [6.45, 7) is 0.735. The molecule has 2 heterocycles. The minimum Gasteiger partial charge on any atom is -0.493 e. The fourth-order valence-electron chi connectivity index (χ4n) is 3.00. The van der Waals surface area contributed by atoms with Gasteiger partial charge in [0.15, 0.2) is 0 Å². The van der Waals surface area contributed by atoms with E-state index in [0.717, 1.165) is 23.3 Å². The van der Waals surface area contributed by atoms with Crippen LogP contribution >= 0.6 is 0 Å². The molecule has 2 aromatic rings. The molecule has 0 saturated heterocycles. The molecule has 0 spiro atoms. The largest absolute Gasteiger partial charge is 0.493 e. The van der Waals surface area contributed by atoms with Gasteiger partial charge in [0.2, 0.25) is 5.91 Å². The quantitative estimate of drug-likeness (QED) is 0.865. The zero-order chi connectivity index (χ0) is 16.5. The van der Waals surface area contributed by atoms with Gasteiger partial charge in [-0.15, -0.1) is 0 Å². The van der Waals surface area contributed by atoms with E-state index in [1.165, 1.54) is 11.0 Å². The highest BCUT2D eigenvalue weighted by Gasteiger charge is 2.25. The van der Waals surface area contributed by atoms with E-state index in [2.05, 4.69) is 5.32 Å². The van der Waals surface area contributed by atoms with Gasteiger partial charge in [-0.3, -0.25) is 14.5 Å².